The van der Waals surface area contributed by atoms with Crippen molar-refractivity contribution in [2.45, 2.75) is 17.9 Å². The minimum atomic E-state index is -3.73. The lowest BCUT2D eigenvalue weighted by molar-refractivity contribution is 0.314. The van der Waals surface area contributed by atoms with Gasteiger partial charge in [0.2, 0.25) is 0 Å². The van der Waals surface area contributed by atoms with Gasteiger partial charge in [-0.25, -0.2) is 17.8 Å². The number of anilines is 1. The van der Waals surface area contributed by atoms with Crippen LogP contribution in [0.3, 0.4) is 0 Å². The van der Waals surface area contributed by atoms with Crippen molar-refractivity contribution < 1.29 is 12.8 Å². The first-order chi connectivity index (χ1) is 9.94. The smallest absolute Gasteiger partial charge is 0.263 e. The number of nitrogens with one attached hydrogen (secondary N) is 1. The van der Waals surface area contributed by atoms with Crippen molar-refractivity contribution in [3.63, 3.8) is 0 Å². The third-order valence-corrected chi connectivity index (χ3v) is 5.75. The van der Waals surface area contributed by atoms with Crippen LogP contribution in [-0.4, -0.2) is 31.9 Å². The zero-order valence-corrected chi connectivity index (χ0v) is 13.0. The third-order valence-electron chi connectivity index (χ3n) is 3.27. The minimum Gasteiger partial charge on any atom is -0.301 e. The monoisotopic (exact) mass is 327 g/mol. The van der Waals surface area contributed by atoms with E-state index < -0.39 is 15.8 Å². The van der Waals surface area contributed by atoms with Gasteiger partial charge in [-0.1, -0.05) is 11.3 Å². The number of fused-ring (bicyclic) bond motifs is 1. The van der Waals surface area contributed by atoms with Crippen LogP contribution in [0.25, 0.3) is 0 Å². The highest BCUT2D eigenvalue weighted by atomic mass is 32.2. The van der Waals surface area contributed by atoms with Crippen molar-refractivity contribution in [1.29, 1.82) is 0 Å². The van der Waals surface area contributed by atoms with E-state index in [4.69, 9.17) is 0 Å². The maximum absolute atomic E-state index is 12.9. The summed E-state index contributed by atoms with van der Waals surface area (Å²) in [5, 5.41) is 0.361. The van der Waals surface area contributed by atoms with Crippen LogP contribution in [0.4, 0.5) is 9.52 Å². The molecule has 0 fully saturated rings. The number of aromatic nitrogens is 1. The Labute approximate surface area is 126 Å². The molecule has 2 heterocycles. The van der Waals surface area contributed by atoms with Gasteiger partial charge in [0.1, 0.15) is 5.82 Å². The number of thiazole rings is 1. The van der Waals surface area contributed by atoms with Crippen molar-refractivity contribution in [2.75, 3.05) is 18.3 Å². The Morgan fingerprint density at radius 2 is 2.05 bits per heavy atom. The van der Waals surface area contributed by atoms with Gasteiger partial charge in [0.15, 0.2) is 5.13 Å². The lowest BCUT2D eigenvalue weighted by Crippen LogP contribution is -2.25. The number of likely N-dealkylation sites (N-methyl/N-ethyl adjacent to an activating group) is 1. The summed E-state index contributed by atoms with van der Waals surface area (Å²) in [6.07, 6.45) is 0.820. The number of sulfonamides is 1. The SMILES string of the molecule is CN1CCc2nc(NS(=O)(=O)c3ccc(F)cc3)sc2C1. The summed E-state index contributed by atoms with van der Waals surface area (Å²) in [5.41, 5.74) is 0.954. The second-order valence-electron chi connectivity index (χ2n) is 4.94. The van der Waals surface area contributed by atoms with Gasteiger partial charge in [0.25, 0.3) is 10.0 Å². The fourth-order valence-electron chi connectivity index (χ4n) is 2.15. The van der Waals surface area contributed by atoms with E-state index in [1.54, 1.807) is 0 Å². The molecule has 0 spiro atoms. The molecule has 1 N–H and O–H groups in total. The lowest BCUT2D eigenvalue weighted by Gasteiger charge is -2.20. The Balaban J connectivity index is 1.84. The third kappa shape index (κ3) is 3.07. The van der Waals surface area contributed by atoms with Crippen molar-refractivity contribution >= 4 is 26.5 Å². The van der Waals surface area contributed by atoms with Gasteiger partial charge < -0.3 is 4.90 Å². The number of hydrogen-bond acceptors (Lipinski definition) is 5. The molecular weight excluding hydrogens is 313 g/mol. The van der Waals surface area contributed by atoms with Crippen LogP contribution in [0.1, 0.15) is 10.6 Å². The van der Waals surface area contributed by atoms with Crippen LogP contribution < -0.4 is 4.72 Å². The largest absolute Gasteiger partial charge is 0.301 e. The normalized spacial score (nSPS) is 15.7. The van der Waals surface area contributed by atoms with Crippen molar-refractivity contribution in [3.8, 4) is 0 Å². The van der Waals surface area contributed by atoms with Crippen molar-refractivity contribution in [1.82, 2.24) is 9.88 Å². The van der Waals surface area contributed by atoms with E-state index >= 15 is 0 Å². The molecule has 0 radical (unpaired) electrons. The van der Waals surface area contributed by atoms with Crippen LogP contribution in [0.5, 0.6) is 0 Å². The van der Waals surface area contributed by atoms with Gasteiger partial charge in [0.05, 0.1) is 10.6 Å². The summed E-state index contributed by atoms with van der Waals surface area (Å²) < 4.78 is 39.8. The fraction of sp³-hybridized carbons (Fsp3) is 0.308. The van der Waals surface area contributed by atoms with E-state index in [0.717, 1.165) is 42.2 Å². The minimum absolute atomic E-state index is 0.0224. The quantitative estimate of drug-likeness (QED) is 0.937. The molecule has 2 aromatic rings. The molecule has 0 bridgehead atoms. The average Bonchev–Trinajstić information content (AvgIpc) is 2.79. The maximum atomic E-state index is 12.9. The molecular formula is C13H14FN3O2S2. The molecule has 1 aromatic heterocycles. The second-order valence-corrected chi connectivity index (χ2v) is 7.70. The zero-order chi connectivity index (χ0) is 15.0. The van der Waals surface area contributed by atoms with Gasteiger partial charge in [-0.3, -0.25) is 4.72 Å². The Kier molecular flexibility index (Phi) is 3.68. The predicted octanol–water partition coefficient (Wildman–Crippen LogP) is 2.07. The molecule has 0 saturated heterocycles. The van der Waals surface area contributed by atoms with E-state index in [1.807, 2.05) is 7.05 Å². The number of halogens is 1. The highest BCUT2D eigenvalue weighted by Crippen LogP contribution is 2.29. The van der Waals surface area contributed by atoms with E-state index in [9.17, 15) is 12.8 Å². The molecule has 0 saturated carbocycles. The topological polar surface area (TPSA) is 62.3 Å². The molecule has 1 aromatic carbocycles. The summed E-state index contributed by atoms with van der Waals surface area (Å²) in [5.74, 6) is -0.471. The fourth-order valence-corrected chi connectivity index (χ4v) is 4.48. The zero-order valence-electron chi connectivity index (χ0n) is 11.3. The predicted molar refractivity (Wildman–Crippen MR) is 79.4 cm³/mol. The van der Waals surface area contributed by atoms with Crippen molar-refractivity contribution in [2.24, 2.45) is 0 Å². The van der Waals surface area contributed by atoms with Gasteiger partial charge in [-0.15, -0.1) is 0 Å². The summed E-state index contributed by atoms with van der Waals surface area (Å²) in [4.78, 5) is 7.61. The molecule has 112 valence electrons. The number of hydrogen-bond donors (Lipinski definition) is 1. The van der Waals surface area contributed by atoms with Gasteiger partial charge in [-0.05, 0) is 31.3 Å². The van der Waals surface area contributed by atoms with E-state index in [0.29, 0.717) is 5.13 Å². The Bertz CT molecular complexity index is 756. The highest BCUT2D eigenvalue weighted by molar-refractivity contribution is 7.93. The first-order valence-corrected chi connectivity index (χ1v) is 8.69. The van der Waals surface area contributed by atoms with Crippen LogP contribution in [0, 0.1) is 5.82 Å². The van der Waals surface area contributed by atoms with Crippen molar-refractivity contribution in [3.05, 3.63) is 40.7 Å². The molecule has 0 amide bonds. The van der Waals surface area contributed by atoms with Gasteiger partial charge in [-0.2, -0.15) is 0 Å². The molecule has 0 aliphatic carbocycles. The Morgan fingerprint density at radius 3 is 2.76 bits per heavy atom. The maximum Gasteiger partial charge on any atom is 0.263 e. The molecule has 1 aliphatic rings. The van der Waals surface area contributed by atoms with Gasteiger partial charge >= 0.3 is 0 Å². The van der Waals surface area contributed by atoms with Crippen LogP contribution >= 0.6 is 11.3 Å². The summed E-state index contributed by atoms with van der Waals surface area (Å²) >= 11 is 1.35. The first kappa shape index (κ1) is 14.4. The number of nitrogens with zero attached hydrogens (tertiary/aromatic N) is 2. The van der Waals surface area contributed by atoms with Gasteiger partial charge in [0, 0.05) is 24.4 Å². The molecule has 5 nitrogen and oxygen atoms in total. The number of benzene rings is 1. The molecule has 8 heteroatoms. The van der Waals surface area contributed by atoms with E-state index in [-0.39, 0.29) is 4.90 Å². The average molecular weight is 327 g/mol. The Hall–Kier alpha value is -1.51. The highest BCUT2D eigenvalue weighted by Gasteiger charge is 2.21. The van der Waals surface area contributed by atoms with Crippen LogP contribution in [0.2, 0.25) is 0 Å². The van der Waals surface area contributed by atoms with E-state index in [1.165, 1.54) is 23.5 Å². The molecule has 1 aliphatic heterocycles. The molecule has 0 atom stereocenters. The standard InChI is InChI=1S/C13H14FN3O2S2/c1-17-7-6-11-12(8-17)20-13(15-11)16-21(18,19)10-4-2-9(14)3-5-10/h2-5H,6-8H2,1H3,(H,15,16). The first-order valence-electron chi connectivity index (χ1n) is 6.39. The molecule has 3 rings (SSSR count). The van der Waals surface area contributed by atoms with Crippen LogP contribution in [-0.2, 0) is 23.0 Å². The second kappa shape index (κ2) is 5.36. The summed E-state index contributed by atoms with van der Waals surface area (Å²) in [6.45, 7) is 1.70. The molecule has 21 heavy (non-hydrogen) atoms. The molecule has 0 unspecified atom stereocenters. The van der Waals surface area contributed by atoms with E-state index in [2.05, 4.69) is 14.6 Å². The Morgan fingerprint density at radius 1 is 1.33 bits per heavy atom. The summed E-state index contributed by atoms with van der Waals surface area (Å²) in [6, 6.07) is 4.71. The number of rotatable bonds is 3. The van der Waals surface area contributed by atoms with Crippen LogP contribution in [0.15, 0.2) is 29.2 Å². The lowest BCUT2D eigenvalue weighted by atomic mass is 10.2. The summed E-state index contributed by atoms with van der Waals surface area (Å²) in [7, 11) is -1.71.